The number of carbonyl (C=O) groups excluding carboxylic acids is 1. The van der Waals surface area contributed by atoms with Crippen molar-refractivity contribution in [2.24, 2.45) is 0 Å². The van der Waals surface area contributed by atoms with Crippen LogP contribution in [-0.2, 0) is 11.3 Å². The van der Waals surface area contributed by atoms with E-state index in [1.165, 1.54) is 0 Å². The van der Waals surface area contributed by atoms with E-state index in [9.17, 15) is 4.79 Å². The minimum Gasteiger partial charge on any atom is -0.497 e. The number of aromatic nitrogens is 1. The summed E-state index contributed by atoms with van der Waals surface area (Å²) in [5.41, 5.74) is 1.16. The third kappa shape index (κ3) is 4.56. The molecule has 6 heteroatoms. The first kappa shape index (κ1) is 18.7. The molecule has 0 N–H and O–H groups in total. The smallest absolute Gasteiger partial charge is 0.239 e. The highest BCUT2D eigenvalue weighted by molar-refractivity contribution is 7.99. The number of methoxy groups -OCH3 is 1. The molecule has 1 amide bonds. The van der Waals surface area contributed by atoms with Crippen molar-refractivity contribution in [2.75, 3.05) is 27.7 Å². The second-order valence-electron chi connectivity index (χ2n) is 6.67. The van der Waals surface area contributed by atoms with Crippen molar-refractivity contribution in [3.05, 3.63) is 54.2 Å². The van der Waals surface area contributed by atoms with Gasteiger partial charge in [0.25, 0.3) is 0 Å². The van der Waals surface area contributed by atoms with Crippen LogP contribution in [0.25, 0.3) is 0 Å². The highest BCUT2D eigenvalue weighted by Crippen LogP contribution is 2.33. The Hall–Kier alpha value is -2.05. The first-order valence-electron chi connectivity index (χ1n) is 8.72. The summed E-state index contributed by atoms with van der Waals surface area (Å²) >= 11 is 1.76. The van der Waals surface area contributed by atoms with E-state index in [0.29, 0.717) is 5.25 Å². The predicted octanol–water partition coefficient (Wildman–Crippen LogP) is 2.91. The van der Waals surface area contributed by atoms with E-state index in [1.807, 2.05) is 56.7 Å². The lowest BCUT2D eigenvalue weighted by Gasteiger charge is -2.26. The molecule has 0 aliphatic carbocycles. The van der Waals surface area contributed by atoms with Crippen molar-refractivity contribution in [1.82, 2.24) is 14.8 Å². The second kappa shape index (κ2) is 8.56. The molecule has 1 fully saturated rings. The predicted molar refractivity (Wildman–Crippen MR) is 104 cm³/mol. The third-order valence-electron chi connectivity index (χ3n) is 4.54. The first-order valence-corrected chi connectivity index (χ1v) is 9.60. The number of ether oxygens (including phenoxy) is 1. The van der Waals surface area contributed by atoms with Crippen LogP contribution in [0.1, 0.15) is 12.0 Å². The van der Waals surface area contributed by atoms with E-state index in [4.69, 9.17) is 4.74 Å². The molecule has 0 bridgehead atoms. The number of hydrogen-bond donors (Lipinski definition) is 0. The largest absolute Gasteiger partial charge is 0.497 e. The Morgan fingerprint density at radius 1 is 1.31 bits per heavy atom. The number of benzene rings is 1. The Kier molecular flexibility index (Phi) is 6.16. The van der Waals surface area contributed by atoms with Crippen LogP contribution in [-0.4, -0.2) is 59.7 Å². The fraction of sp³-hybridized carbons (Fsp3) is 0.400. The van der Waals surface area contributed by atoms with Gasteiger partial charge in [0.1, 0.15) is 5.75 Å². The number of thioether (sulfide) groups is 1. The van der Waals surface area contributed by atoms with Crippen LogP contribution in [0.2, 0.25) is 0 Å². The molecule has 1 aliphatic heterocycles. The van der Waals surface area contributed by atoms with Crippen molar-refractivity contribution in [3.63, 3.8) is 0 Å². The molecule has 26 heavy (non-hydrogen) atoms. The maximum Gasteiger partial charge on any atom is 0.239 e. The Balaban J connectivity index is 1.74. The van der Waals surface area contributed by atoms with Crippen LogP contribution >= 0.6 is 11.8 Å². The molecule has 138 valence electrons. The normalized spacial score (nSPS) is 20.1. The zero-order chi connectivity index (χ0) is 18.5. The summed E-state index contributed by atoms with van der Waals surface area (Å²) in [6, 6.07) is 13.9. The monoisotopic (exact) mass is 371 g/mol. The summed E-state index contributed by atoms with van der Waals surface area (Å²) in [5, 5.41) is 1.36. The Labute approximate surface area is 159 Å². The van der Waals surface area contributed by atoms with E-state index >= 15 is 0 Å². The van der Waals surface area contributed by atoms with Crippen LogP contribution in [0, 0.1) is 0 Å². The van der Waals surface area contributed by atoms with Gasteiger partial charge in [0, 0.05) is 38.6 Å². The summed E-state index contributed by atoms with van der Waals surface area (Å²) in [5.74, 6) is 1.01. The SMILES string of the molecule is COc1cccc(CN2C[C@H](Sc3ccccn3)C[C@H]2C(=O)N(C)C)c1. The molecular weight excluding hydrogens is 346 g/mol. The highest BCUT2D eigenvalue weighted by Gasteiger charge is 2.38. The lowest BCUT2D eigenvalue weighted by atomic mass is 10.1. The number of likely N-dealkylation sites (N-methyl/N-ethyl adjacent to an activating group) is 1. The number of amides is 1. The number of rotatable bonds is 6. The van der Waals surface area contributed by atoms with Gasteiger partial charge in [0.05, 0.1) is 18.2 Å². The van der Waals surface area contributed by atoms with Gasteiger partial charge in [0.2, 0.25) is 5.91 Å². The van der Waals surface area contributed by atoms with Crippen LogP contribution < -0.4 is 4.74 Å². The van der Waals surface area contributed by atoms with Crippen LogP contribution in [0.15, 0.2) is 53.7 Å². The molecule has 0 radical (unpaired) electrons. The maximum absolute atomic E-state index is 12.7. The average molecular weight is 372 g/mol. The summed E-state index contributed by atoms with van der Waals surface area (Å²) in [6.45, 7) is 1.60. The Morgan fingerprint density at radius 2 is 2.15 bits per heavy atom. The molecule has 0 saturated carbocycles. The maximum atomic E-state index is 12.7. The quantitative estimate of drug-likeness (QED) is 0.781. The van der Waals surface area contributed by atoms with Gasteiger partial charge in [-0.15, -0.1) is 11.8 Å². The minimum absolute atomic E-state index is 0.0996. The lowest BCUT2D eigenvalue weighted by Crippen LogP contribution is -2.42. The zero-order valence-corrected chi connectivity index (χ0v) is 16.3. The van der Waals surface area contributed by atoms with Gasteiger partial charge >= 0.3 is 0 Å². The molecule has 3 rings (SSSR count). The molecule has 5 nitrogen and oxygen atoms in total. The summed E-state index contributed by atoms with van der Waals surface area (Å²) < 4.78 is 5.33. The molecule has 1 aromatic carbocycles. The van der Waals surface area contributed by atoms with Crippen molar-refractivity contribution in [2.45, 2.75) is 29.3 Å². The molecule has 1 saturated heterocycles. The molecule has 0 unspecified atom stereocenters. The molecule has 2 aromatic rings. The Bertz CT molecular complexity index is 739. The van der Waals surface area contributed by atoms with Gasteiger partial charge in [-0.25, -0.2) is 4.98 Å². The Morgan fingerprint density at radius 3 is 2.85 bits per heavy atom. The molecule has 2 atom stereocenters. The van der Waals surface area contributed by atoms with Gasteiger partial charge in [-0.05, 0) is 36.2 Å². The first-order chi connectivity index (χ1) is 12.6. The topological polar surface area (TPSA) is 45.7 Å². The van der Waals surface area contributed by atoms with Crippen molar-refractivity contribution < 1.29 is 9.53 Å². The summed E-state index contributed by atoms with van der Waals surface area (Å²) in [4.78, 5) is 21.1. The number of carbonyl (C=O) groups is 1. The van der Waals surface area contributed by atoms with Crippen molar-refractivity contribution >= 4 is 17.7 Å². The molecule has 2 heterocycles. The lowest BCUT2D eigenvalue weighted by molar-refractivity contribution is -0.133. The minimum atomic E-state index is -0.0996. The van der Waals surface area contributed by atoms with Crippen molar-refractivity contribution in [1.29, 1.82) is 0 Å². The van der Waals surface area contributed by atoms with Gasteiger partial charge in [-0.2, -0.15) is 0 Å². The molecule has 0 spiro atoms. The van der Waals surface area contributed by atoms with E-state index in [1.54, 1.807) is 23.8 Å². The third-order valence-corrected chi connectivity index (χ3v) is 5.69. The standard InChI is InChI=1S/C20H25N3O2S/c1-22(2)20(24)18-12-17(26-19-9-4-5-10-21-19)14-23(18)13-15-7-6-8-16(11-15)25-3/h4-11,17-18H,12-14H2,1-3H3/t17-,18+/m1/s1. The summed E-state index contributed by atoms with van der Waals surface area (Å²) in [6.07, 6.45) is 2.65. The van der Waals surface area contributed by atoms with Crippen LogP contribution in [0.4, 0.5) is 0 Å². The van der Waals surface area contributed by atoms with E-state index in [-0.39, 0.29) is 11.9 Å². The van der Waals surface area contributed by atoms with Gasteiger partial charge in [0.15, 0.2) is 0 Å². The van der Waals surface area contributed by atoms with Crippen LogP contribution in [0.5, 0.6) is 5.75 Å². The number of pyridine rings is 1. The van der Waals surface area contributed by atoms with Gasteiger partial charge in [-0.1, -0.05) is 18.2 Å². The van der Waals surface area contributed by atoms with Gasteiger partial charge < -0.3 is 9.64 Å². The van der Waals surface area contributed by atoms with Gasteiger partial charge in [-0.3, -0.25) is 9.69 Å². The molecule has 1 aromatic heterocycles. The van der Waals surface area contributed by atoms with E-state index < -0.39 is 0 Å². The number of hydrogen-bond acceptors (Lipinski definition) is 5. The van der Waals surface area contributed by atoms with Crippen LogP contribution in [0.3, 0.4) is 0 Å². The van der Waals surface area contributed by atoms with Crippen molar-refractivity contribution in [3.8, 4) is 5.75 Å². The summed E-state index contributed by atoms with van der Waals surface area (Å²) in [7, 11) is 5.32. The van der Waals surface area contributed by atoms with E-state index in [0.717, 1.165) is 35.8 Å². The average Bonchev–Trinajstić information content (AvgIpc) is 3.04. The molecular formula is C20H25N3O2S. The molecule has 1 aliphatic rings. The number of likely N-dealkylation sites (tertiary alicyclic amines) is 1. The second-order valence-corrected chi connectivity index (χ2v) is 7.99. The van der Waals surface area contributed by atoms with E-state index in [2.05, 4.69) is 16.0 Å². The zero-order valence-electron chi connectivity index (χ0n) is 15.5. The fourth-order valence-corrected chi connectivity index (χ4v) is 4.43. The number of nitrogens with zero attached hydrogens (tertiary/aromatic N) is 3. The highest BCUT2D eigenvalue weighted by atomic mass is 32.2. The fourth-order valence-electron chi connectivity index (χ4n) is 3.27.